The predicted molar refractivity (Wildman–Crippen MR) is 44.7 cm³/mol. The van der Waals surface area contributed by atoms with Crippen molar-refractivity contribution in [2.45, 2.75) is 6.42 Å². The van der Waals surface area contributed by atoms with Crippen LogP contribution >= 0.6 is 0 Å². The summed E-state index contributed by atoms with van der Waals surface area (Å²) in [4.78, 5) is 28.9. The van der Waals surface area contributed by atoms with Gasteiger partial charge in [-0.15, -0.1) is 0 Å². The molecular formula is C8H8N2O4. The van der Waals surface area contributed by atoms with Crippen LogP contribution in [0.3, 0.4) is 0 Å². The molecule has 1 heterocycles. The number of esters is 1. The van der Waals surface area contributed by atoms with E-state index in [-0.39, 0.29) is 17.7 Å². The van der Waals surface area contributed by atoms with E-state index in [9.17, 15) is 9.59 Å². The Bertz CT molecular complexity index is 364. The lowest BCUT2D eigenvalue weighted by Crippen LogP contribution is -2.11. The average Bonchev–Trinajstić information content (AvgIpc) is 2.16. The standard InChI is InChI=1S/C8H8N2O4/c1-14-8(13)5-3-9-4-10-6(5)2-7(11)12/h3-4H,2H2,1H3,(H,11,12). The van der Waals surface area contributed by atoms with Gasteiger partial charge in [-0.25, -0.2) is 14.8 Å². The first-order valence-electron chi connectivity index (χ1n) is 3.74. The van der Waals surface area contributed by atoms with Gasteiger partial charge in [-0.2, -0.15) is 0 Å². The van der Waals surface area contributed by atoms with Crippen molar-refractivity contribution < 1.29 is 19.4 Å². The molecule has 0 aliphatic heterocycles. The largest absolute Gasteiger partial charge is 0.481 e. The Morgan fingerprint density at radius 2 is 2.29 bits per heavy atom. The number of aliphatic carboxylic acids is 1. The van der Waals surface area contributed by atoms with Crippen LogP contribution in [0.15, 0.2) is 12.5 Å². The molecule has 74 valence electrons. The quantitative estimate of drug-likeness (QED) is 0.678. The zero-order valence-corrected chi connectivity index (χ0v) is 7.43. The van der Waals surface area contributed by atoms with Crippen molar-refractivity contribution in [2.24, 2.45) is 0 Å². The number of nitrogens with zero attached hydrogens (tertiary/aromatic N) is 2. The molecule has 6 nitrogen and oxygen atoms in total. The fraction of sp³-hybridized carbons (Fsp3) is 0.250. The zero-order chi connectivity index (χ0) is 10.6. The van der Waals surface area contributed by atoms with Crippen molar-refractivity contribution in [1.29, 1.82) is 0 Å². The summed E-state index contributed by atoms with van der Waals surface area (Å²) >= 11 is 0. The van der Waals surface area contributed by atoms with Crippen molar-refractivity contribution >= 4 is 11.9 Å². The van der Waals surface area contributed by atoms with Gasteiger partial charge in [0.25, 0.3) is 0 Å². The van der Waals surface area contributed by atoms with Crippen molar-refractivity contribution in [3.05, 3.63) is 23.8 Å². The SMILES string of the molecule is COC(=O)c1cncnc1CC(=O)O. The van der Waals surface area contributed by atoms with Crippen molar-refractivity contribution in [3.8, 4) is 0 Å². The van der Waals surface area contributed by atoms with Crippen LogP contribution in [0.4, 0.5) is 0 Å². The minimum absolute atomic E-state index is 0.0809. The zero-order valence-electron chi connectivity index (χ0n) is 7.43. The Morgan fingerprint density at radius 3 is 2.86 bits per heavy atom. The molecule has 1 aromatic rings. The van der Waals surface area contributed by atoms with E-state index in [4.69, 9.17) is 5.11 Å². The van der Waals surface area contributed by atoms with E-state index in [1.54, 1.807) is 0 Å². The third kappa shape index (κ3) is 2.25. The number of rotatable bonds is 3. The van der Waals surface area contributed by atoms with Crippen LogP contribution < -0.4 is 0 Å². The summed E-state index contributed by atoms with van der Waals surface area (Å²) in [5.74, 6) is -1.70. The second-order valence-electron chi connectivity index (χ2n) is 2.45. The van der Waals surface area contributed by atoms with E-state index in [2.05, 4.69) is 14.7 Å². The van der Waals surface area contributed by atoms with Crippen LogP contribution in [-0.2, 0) is 16.0 Å². The minimum atomic E-state index is -1.06. The van der Waals surface area contributed by atoms with Crippen molar-refractivity contribution in [3.63, 3.8) is 0 Å². The summed E-state index contributed by atoms with van der Waals surface area (Å²) < 4.78 is 4.45. The number of aromatic nitrogens is 2. The maximum absolute atomic E-state index is 11.1. The molecule has 0 amide bonds. The second kappa shape index (κ2) is 4.31. The Labute approximate surface area is 79.6 Å². The number of hydrogen-bond acceptors (Lipinski definition) is 5. The van der Waals surface area contributed by atoms with Crippen molar-refractivity contribution in [2.75, 3.05) is 7.11 Å². The van der Waals surface area contributed by atoms with Gasteiger partial charge in [-0.3, -0.25) is 4.79 Å². The molecule has 0 aromatic carbocycles. The molecule has 0 saturated carbocycles. The molecule has 0 bridgehead atoms. The Morgan fingerprint density at radius 1 is 1.57 bits per heavy atom. The van der Waals surface area contributed by atoms with E-state index in [0.717, 1.165) is 0 Å². The molecular weight excluding hydrogens is 188 g/mol. The lowest BCUT2D eigenvalue weighted by atomic mass is 10.2. The van der Waals surface area contributed by atoms with Crippen molar-refractivity contribution in [1.82, 2.24) is 9.97 Å². The van der Waals surface area contributed by atoms with Gasteiger partial charge in [0.2, 0.25) is 0 Å². The summed E-state index contributed by atoms with van der Waals surface area (Å²) in [6.45, 7) is 0. The van der Waals surface area contributed by atoms with E-state index in [1.165, 1.54) is 19.6 Å². The maximum atomic E-state index is 11.1. The molecule has 6 heteroatoms. The molecule has 1 N–H and O–H groups in total. The highest BCUT2D eigenvalue weighted by atomic mass is 16.5. The van der Waals surface area contributed by atoms with Gasteiger partial charge in [0.05, 0.1) is 19.2 Å². The van der Waals surface area contributed by atoms with E-state index >= 15 is 0 Å². The smallest absolute Gasteiger partial charge is 0.341 e. The predicted octanol–water partition coefficient (Wildman–Crippen LogP) is -0.110. The monoisotopic (exact) mass is 196 g/mol. The number of ether oxygens (including phenoxy) is 1. The van der Waals surface area contributed by atoms with Gasteiger partial charge in [0, 0.05) is 6.20 Å². The normalized spacial score (nSPS) is 9.50. The molecule has 0 saturated heterocycles. The molecule has 0 atom stereocenters. The first-order chi connectivity index (χ1) is 6.65. The fourth-order valence-electron chi connectivity index (χ4n) is 0.920. The van der Waals surface area contributed by atoms with Gasteiger partial charge in [0.1, 0.15) is 11.9 Å². The molecule has 0 fully saturated rings. The molecule has 0 aliphatic carbocycles. The number of carbonyl (C=O) groups excluding carboxylic acids is 1. The van der Waals surface area contributed by atoms with Crippen LogP contribution in [0, 0.1) is 0 Å². The van der Waals surface area contributed by atoms with E-state index < -0.39 is 11.9 Å². The van der Waals surface area contributed by atoms with E-state index in [1.807, 2.05) is 0 Å². The van der Waals surface area contributed by atoms with Gasteiger partial charge in [-0.05, 0) is 0 Å². The highest BCUT2D eigenvalue weighted by Gasteiger charge is 2.15. The lowest BCUT2D eigenvalue weighted by molar-refractivity contribution is -0.136. The number of carboxylic acid groups (broad SMARTS) is 1. The van der Waals surface area contributed by atoms with Crippen LogP contribution in [0.5, 0.6) is 0 Å². The summed E-state index contributed by atoms with van der Waals surface area (Å²) in [6, 6.07) is 0. The molecule has 0 aliphatic rings. The topological polar surface area (TPSA) is 89.4 Å². The number of hydrogen-bond donors (Lipinski definition) is 1. The molecule has 0 spiro atoms. The average molecular weight is 196 g/mol. The van der Waals surface area contributed by atoms with Gasteiger partial charge in [-0.1, -0.05) is 0 Å². The molecule has 1 rings (SSSR count). The number of methoxy groups -OCH3 is 1. The lowest BCUT2D eigenvalue weighted by Gasteiger charge is -2.02. The minimum Gasteiger partial charge on any atom is -0.481 e. The Kier molecular flexibility index (Phi) is 3.11. The fourth-order valence-corrected chi connectivity index (χ4v) is 0.920. The van der Waals surface area contributed by atoms with Gasteiger partial charge < -0.3 is 9.84 Å². The second-order valence-corrected chi connectivity index (χ2v) is 2.45. The highest BCUT2D eigenvalue weighted by molar-refractivity contribution is 5.91. The van der Waals surface area contributed by atoms with Gasteiger partial charge in [0.15, 0.2) is 0 Å². The highest BCUT2D eigenvalue weighted by Crippen LogP contribution is 2.05. The van der Waals surface area contributed by atoms with Crippen LogP contribution in [0.25, 0.3) is 0 Å². The number of carbonyl (C=O) groups is 2. The summed E-state index contributed by atoms with van der Waals surface area (Å²) in [5.41, 5.74) is 0.233. The molecule has 0 unspecified atom stereocenters. The molecule has 0 radical (unpaired) electrons. The third-order valence-electron chi connectivity index (χ3n) is 1.52. The van der Waals surface area contributed by atoms with E-state index in [0.29, 0.717) is 0 Å². The Hall–Kier alpha value is -1.98. The Balaban J connectivity index is 3.02. The summed E-state index contributed by atoms with van der Waals surface area (Å²) in [6.07, 6.45) is 2.09. The number of carboxylic acids is 1. The molecule has 14 heavy (non-hydrogen) atoms. The first-order valence-corrected chi connectivity index (χ1v) is 3.74. The molecule has 1 aromatic heterocycles. The van der Waals surface area contributed by atoms with Crippen LogP contribution in [-0.4, -0.2) is 34.1 Å². The van der Waals surface area contributed by atoms with Crippen LogP contribution in [0.2, 0.25) is 0 Å². The summed E-state index contributed by atoms with van der Waals surface area (Å²) in [7, 11) is 1.21. The van der Waals surface area contributed by atoms with Crippen LogP contribution in [0.1, 0.15) is 16.1 Å². The maximum Gasteiger partial charge on any atom is 0.341 e. The first kappa shape index (κ1) is 10.1. The third-order valence-corrected chi connectivity index (χ3v) is 1.52. The van der Waals surface area contributed by atoms with Gasteiger partial charge >= 0.3 is 11.9 Å². The summed E-state index contributed by atoms with van der Waals surface area (Å²) in [5, 5.41) is 8.53.